The van der Waals surface area contributed by atoms with Crippen LogP contribution in [0.4, 0.5) is 4.39 Å². The lowest BCUT2D eigenvalue weighted by molar-refractivity contribution is -0.205. The van der Waals surface area contributed by atoms with Gasteiger partial charge in [-0.25, -0.2) is 9.37 Å². The molecule has 39 heavy (non-hydrogen) atoms. The molecule has 0 saturated heterocycles. The topological polar surface area (TPSA) is 109 Å². The molecular formula is C30H37FN2O5S. The largest absolute Gasteiger partial charge is 0.461 e. The Hall–Kier alpha value is -2.52. The average Bonchev–Trinajstić information content (AvgIpc) is 3.26. The number of aliphatic hydroxyl groups is 1. The molecule has 210 valence electrons. The van der Waals surface area contributed by atoms with Crippen molar-refractivity contribution in [3.63, 3.8) is 0 Å². The number of aromatic nitrogens is 2. The first kappa shape index (κ1) is 28.0. The van der Waals surface area contributed by atoms with Gasteiger partial charge in [0.15, 0.2) is 5.16 Å². The number of halogens is 1. The number of para-hydroxylation sites is 1. The van der Waals surface area contributed by atoms with Gasteiger partial charge in [-0.2, -0.15) is 0 Å². The van der Waals surface area contributed by atoms with E-state index in [1.165, 1.54) is 18.2 Å². The van der Waals surface area contributed by atoms with Crippen molar-refractivity contribution in [1.82, 2.24) is 9.97 Å². The van der Waals surface area contributed by atoms with E-state index in [-0.39, 0.29) is 50.8 Å². The third kappa shape index (κ3) is 4.27. The zero-order valence-electron chi connectivity index (χ0n) is 23.0. The number of Topliss-reactive ketones (excluding diaryl/α,β-unsaturated/α-hetero) is 1. The standard InChI is InChI=1S/C30H37FN2O5S/c1-6-28(4)14-21(29(5)16(2)10-12-30(17(3)25(28)36)13-11-20(34)24(29)30)38-22(35)15-39-27-32-23-18(26(37)33-27)8-7-9-19(23)31/h6-9,16-17,21,24-25,36H,1,10-15H2,2-5H3,(H,32,33,37)/t16-,17+,21-,24+,25+,28-,29+,30+/m1/s1. The van der Waals surface area contributed by atoms with Gasteiger partial charge >= 0.3 is 5.97 Å². The summed E-state index contributed by atoms with van der Waals surface area (Å²) >= 11 is 0.968. The Kier molecular flexibility index (Phi) is 7.07. The number of nitrogens with one attached hydrogen (secondary N) is 1. The first-order valence-corrected chi connectivity index (χ1v) is 14.7. The molecule has 7 nitrogen and oxygen atoms in total. The number of fused-ring (bicyclic) bond motifs is 1. The summed E-state index contributed by atoms with van der Waals surface area (Å²) in [6.07, 6.45) is 3.70. The molecule has 1 aromatic heterocycles. The van der Waals surface area contributed by atoms with E-state index in [0.29, 0.717) is 12.8 Å². The summed E-state index contributed by atoms with van der Waals surface area (Å²) in [5, 5.41) is 11.9. The SMILES string of the molecule is C=C[C@]1(C)C[C@@H](OC(=O)CSc2nc3c(F)cccc3c(=O)[nH]2)[C@]2(C)[C@H](C)CC[C@]3(CCC(=O)[C@H]32)[C@@H](C)[C@@H]1O. The maximum Gasteiger partial charge on any atom is 0.316 e. The molecule has 3 fully saturated rings. The molecule has 1 heterocycles. The molecule has 0 amide bonds. The van der Waals surface area contributed by atoms with Crippen molar-refractivity contribution in [3.05, 3.63) is 47.0 Å². The Bertz CT molecular complexity index is 1400. The van der Waals surface area contributed by atoms with Crippen LogP contribution in [-0.2, 0) is 14.3 Å². The van der Waals surface area contributed by atoms with Crippen LogP contribution in [0.1, 0.15) is 59.8 Å². The van der Waals surface area contributed by atoms with Crippen molar-refractivity contribution in [2.45, 2.75) is 77.2 Å². The van der Waals surface area contributed by atoms with E-state index >= 15 is 0 Å². The number of rotatable bonds is 5. The molecule has 0 unspecified atom stereocenters. The van der Waals surface area contributed by atoms with Crippen molar-refractivity contribution >= 4 is 34.4 Å². The fourth-order valence-electron chi connectivity index (χ4n) is 8.00. The zero-order valence-corrected chi connectivity index (χ0v) is 23.8. The highest BCUT2D eigenvalue weighted by atomic mass is 32.2. The number of ketones is 1. The number of aromatic amines is 1. The van der Waals surface area contributed by atoms with Crippen LogP contribution >= 0.6 is 11.8 Å². The first-order chi connectivity index (χ1) is 18.4. The number of hydrogen-bond acceptors (Lipinski definition) is 7. The predicted molar refractivity (Wildman–Crippen MR) is 148 cm³/mol. The second-order valence-electron chi connectivity index (χ2n) is 12.4. The maximum absolute atomic E-state index is 14.3. The van der Waals surface area contributed by atoms with E-state index in [4.69, 9.17) is 4.74 Å². The summed E-state index contributed by atoms with van der Waals surface area (Å²) in [4.78, 5) is 46.0. The monoisotopic (exact) mass is 556 g/mol. The average molecular weight is 557 g/mol. The molecule has 8 atom stereocenters. The first-order valence-electron chi connectivity index (χ1n) is 13.7. The molecular weight excluding hydrogens is 519 g/mol. The van der Waals surface area contributed by atoms with Gasteiger partial charge in [0.2, 0.25) is 0 Å². The van der Waals surface area contributed by atoms with E-state index in [0.717, 1.165) is 31.0 Å². The number of benzene rings is 1. The van der Waals surface area contributed by atoms with Crippen molar-refractivity contribution in [2.24, 2.45) is 34.0 Å². The zero-order chi connectivity index (χ0) is 28.3. The molecule has 9 heteroatoms. The third-order valence-corrected chi connectivity index (χ3v) is 11.4. The molecule has 1 aromatic carbocycles. The van der Waals surface area contributed by atoms with Crippen LogP contribution in [0, 0.1) is 39.8 Å². The molecule has 0 aliphatic heterocycles. The van der Waals surface area contributed by atoms with Gasteiger partial charge < -0.3 is 14.8 Å². The van der Waals surface area contributed by atoms with Crippen LogP contribution < -0.4 is 5.56 Å². The summed E-state index contributed by atoms with van der Waals surface area (Å²) < 4.78 is 20.5. The number of H-pyrrole nitrogens is 1. The molecule has 0 radical (unpaired) electrons. The smallest absolute Gasteiger partial charge is 0.316 e. The Morgan fingerprint density at radius 1 is 1.31 bits per heavy atom. The Balaban J connectivity index is 1.46. The van der Waals surface area contributed by atoms with Gasteiger partial charge in [-0.05, 0) is 55.1 Å². The van der Waals surface area contributed by atoms with Gasteiger partial charge in [0.25, 0.3) is 5.56 Å². The summed E-state index contributed by atoms with van der Waals surface area (Å²) in [5.41, 5.74) is -2.21. The van der Waals surface area contributed by atoms with Crippen LogP contribution in [0.3, 0.4) is 0 Å². The van der Waals surface area contributed by atoms with Crippen LogP contribution in [0.5, 0.6) is 0 Å². The normalized spacial score (nSPS) is 38.1. The summed E-state index contributed by atoms with van der Waals surface area (Å²) in [6.45, 7) is 12.3. The van der Waals surface area contributed by atoms with E-state index in [1.807, 2.05) is 6.92 Å². The van der Waals surface area contributed by atoms with E-state index in [2.05, 4.69) is 37.3 Å². The number of thioether (sulfide) groups is 1. The van der Waals surface area contributed by atoms with Gasteiger partial charge in [-0.3, -0.25) is 14.4 Å². The number of aliphatic hydroxyl groups excluding tert-OH is 1. The highest BCUT2D eigenvalue weighted by Crippen LogP contribution is 2.68. The number of carbonyl (C=O) groups is 2. The van der Waals surface area contributed by atoms with Crippen molar-refractivity contribution < 1.29 is 23.8 Å². The summed E-state index contributed by atoms with van der Waals surface area (Å²) in [6, 6.07) is 4.16. The van der Waals surface area contributed by atoms with E-state index < -0.39 is 40.4 Å². The molecule has 5 rings (SSSR count). The number of esters is 1. The van der Waals surface area contributed by atoms with Crippen LogP contribution in [0.25, 0.3) is 10.9 Å². The number of hydrogen-bond donors (Lipinski definition) is 2. The van der Waals surface area contributed by atoms with Gasteiger partial charge in [0, 0.05) is 23.2 Å². The minimum absolute atomic E-state index is 0.0541. The Morgan fingerprint density at radius 3 is 2.77 bits per heavy atom. The molecule has 2 aromatic rings. The lowest BCUT2D eigenvalue weighted by atomic mass is 9.44. The lowest BCUT2D eigenvalue weighted by Gasteiger charge is -2.61. The fourth-order valence-corrected chi connectivity index (χ4v) is 8.64. The Labute approximate surface area is 232 Å². The third-order valence-electron chi connectivity index (χ3n) is 10.6. The Morgan fingerprint density at radius 2 is 2.05 bits per heavy atom. The van der Waals surface area contributed by atoms with Crippen LogP contribution in [0.15, 0.2) is 40.8 Å². The molecule has 0 spiro atoms. The fraction of sp³-hybridized carbons (Fsp3) is 0.600. The van der Waals surface area contributed by atoms with Crippen molar-refractivity contribution in [2.75, 3.05) is 5.75 Å². The van der Waals surface area contributed by atoms with E-state index in [9.17, 15) is 23.9 Å². The minimum Gasteiger partial charge on any atom is -0.461 e. The van der Waals surface area contributed by atoms with Crippen molar-refractivity contribution in [1.29, 1.82) is 0 Å². The van der Waals surface area contributed by atoms with Gasteiger partial charge in [-0.15, -0.1) is 6.58 Å². The second kappa shape index (κ2) is 9.84. The number of nitrogens with zero attached hydrogens (tertiary/aromatic N) is 1. The summed E-state index contributed by atoms with van der Waals surface area (Å²) in [7, 11) is 0. The highest BCUT2D eigenvalue weighted by Gasteiger charge is 2.68. The predicted octanol–water partition coefficient (Wildman–Crippen LogP) is 5.06. The van der Waals surface area contributed by atoms with Gasteiger partial charge in [0.05, 0.1) is 17.2 Å². The molecule has 3 aliphatic rings. The minimum atomic E-state index is -0.737. The molecule has 2 N–H and O–H groups in total. The van der Waals surface area contributed by atoms with Crippen molar-refractivity contribution in [3.8, 4) is 0 Å². The molecule has 3 saturated carbocycles. The van der Waals surface area contributed by atoms with Crippen LogP contribution in [0.2, 0.25) is 0 Å². The van der Waals surface area contributed by atoms with Crippen LogP contribution in [-0.4, -0.2) is 44.8 Å². The summed E-state index contributed by atoms with van der Waals surface area (Å²) in [5.74, 6) is -1.38. The van der Waals surface area contributed by atoms with Gasteiger partial charge in [0.1, 0.15) is 23.2 Å². The highest BCUT2D eigenvalue weighted by molar-refractivity contribution is 7.99. The van der Waals surface area contributed by atoms with E-state index in [1.54, 1.807) is 6.08 Å². The molecule has 2 bridgehead atoms. The maximum atomic E-state index is 14.3. The number of carbonyl (C=O) groups excluding carboxylic acids is 2. The molecule has 3 aliphatic carbocycles. The lowest BCUT2D eigenvalue weighted by Crippen LogP contribution is -2.63. The quantitative estimate of drug-likeness (QED) is 0.229. The van der Waals surface area contributed by atoms with Gasteiger partial charge in [-0.1, -0.05) is 51.6 Å². The number of ether oxygens (including phenoxy) is 1. The second-order valence-corrected chi connectivity index (χ2v) is 13.3.